The van der Waals surface area contributed by atoms with E-state index >= 15 is 0 Å². The third-order valence-corrected chi connectivity index (χ3v) is 4.27. The first-order valence-corrected chi connectivity index (χ1v) is 7.31. The average molecular weight is 311 g/mol. The molecule has 1 atom stereocenters. The molecule has 0 aliphatic rings. The van der Waals surface area contributed by atoms with Crippen molar-refractivity contribution in [3.05, 3.63) is 47.4 Å². The molecule has 1 aromatic heterocycles. The molecule has 0 radical (unpaired) electrons. The van der Waals surface area contributed by atoms with Crippen molar-refractivity contribution in [2.24, 2.45) is 5.84 Å². The van der Waals surface area contributed by atoms with Gasteiger partial charge in [0.2, 0.25) is 5.88 Å². The summed E-state index contributed by atoms with van der Waals surface area (Å²) in [6.07, 6.45) is 3.19. The number of methoxy groups -OCH3 is 1. The number of nitrogens with one attached hydrogen (secondary N) is 1. The second-order valence-electron chi connectivity index (χ2n) is 3.91. The predicted octanol–water partition coefficient (Wildman–Crippen LogP) is 2.44. The molecule has 2 rings (SSSR count). The zero-order valence-corrected chi connectivity index (χ0v) is 12.5. The standard InChI is InChI=1S/C13H15ClN4OS/c1-19-13-12(16-6-7-17-13)10(18-15)8-20-11-5-3-2-4-9(11)14/h2-7,10,18H,8,15H2,1H3. The highest BCUT2D eigenvalue weighted by Gasteiger charge is 2.18. The van der Waals surface area contributed by atoms with E-state index in [0.717, 1.165) is 9.92 Å². The van der Waals surface area contributed by atoms with Crippen LogP contribution in [0.15, 0.2) is 41.6 Å². The van der Waals surface area contributed by atoms with Gasteiger partial charge in [0.05, 0.1) is 18.2 Å². The van der Waals surface area contributed by atoms with E-state index in [1.165, 1.54) is 0 Å². The molecule has 0 aliphatic heterocycles. The third-order valence-electron chi connectivity index (χ3n) is 2.66. The monoisotopic (exact) mass is 310 g/mol. The van der Waals surface area contributed by atoms with Crippen LogP contribution in [0.4, 0.5) is 0 Å². The van der Waals surface area contributed by atoms with Crippen LogP contribution < -0.4 is 16.0 Å². The summed E-state index contributed by atoms with van der Waals surface area (Å²) in [6.45, 7) is 0. The molecule has 0 saturated heterocycles. The lowest BCUT2D eigenvalue weighted by molar-refractivity contribution is 0.381. The van der Waals surface area contributed by atoms with Crippen LogP contribution in [0, 0.1) is 0 Å². The van der Waals surface area contributed by atoms with Crippen LogP contribution in [-0.4, -0.2) is 22.8 Å². The first-order chi connectivity index (χ1) is 9.76. The van der Waals surface area contributed by atoms with Gasteiger partial charge in [-0.25, -0.2) is 4.98 Å². The highest BCUT2D eigenvalue weighted by Crippen LogP contribution is 2.31. The van der Waals surface area contributed by atoms with Gasteiger partial charge >= 0.3 is 0 Å². The van der Waals surface area contributed by atoms with Gasteiger partial charge in [-0.05, 0) is 12.1 Å². The molecule has 0 bridgehead atoms. The minimum Gasteiger partial charge on any atom is -0.480 e. The van der Waals surface area contributed by atoms with Crippen LogP contribution in [0.25, 0.3) is 0 Å². The number of aromatic nitrogens is 2. The van der Waals surface area contributed by atoms with E-state index in [-0.39, 0.29) is 6.04 Å². The molecule has 7 heteroatoms. The van der Waals surface area contributed by atoms with Gasteiger partial charge in [-0.2, -0.15) is 0 Å². The highest BCUT2D eigenvalue weighted by molar-refractivity contribution is 7.99. The second-order valence-corrected chi connectivity index (χ2v) is 5.38. The molecular weight excluding hydrogens is 296 g/mol. The molecule has 0 saturated carbocycles. The Morgan fingerprint density at radius 1 is 1.35 bits per heavy atom. The number of hydrogen-bond acceptors (Lipinski definition) is 6. The first kappa shape index (κ1) is 15.1. The van der Waals surface area contributed by atoms with E-state index in [1.807, 2.05) is 24.3 Å². The maximum Gasteiger partial charge on any atom is 0.237 e. The zero-order chi connectivity index (χ0) is 14.4. The van der Waals surface area contributed by atoms with Crippen LogP contribution in [-0.2, 0) is 0 Å². The maximum absolute atomic E-state index is 6.13. The number of hydrazine groups is 1. The Bertz CT molecular complexity index is 570. The summed E-state index contributed by atoms with van der Waals surface area (Å²) in [4.78, 5) is 9.40. The van der Waals surface area contributed by atoms with E-state index in [2.05, 4.69) is 15.4 Å². The summed E-state index contributed by atoms with van der Waals surface area (Å²) < 4.78 is 5.20. The number of halogens is 1. The number of nitrogens with two attached hydrogens (primary N) is 1. The number of ether oxygens (including phenoxy) is 1. The van der Waals surface area contributed by atoms with E-state index in [0.29, 0.717) is 17.3 Å². The van der Waals surface area contributed by atoms with Gasteiger partial charge in [0.15, 0.2) is 0 Å². The molecule has 3 N–H and O–H groups in total. The molecule has 0 spiro atoms. The summed E-state index contributed by atoms with van der Waals surface area (Å²) in [6, 6.07) is 7.49. The lowest BCUT2D eigenvalue weighted by Crippen LogP contribution is -2.30. The fraction of sp³-hybridized carbons (Fsp3) is 0.231. The predicted molar refractivity (Wildman–Crippen MR) is 80.8 cm³/mol. The molecule has 2 aromatic rings. The van der Waals surface area contributed by atoms with E-state index in [4.69, 9.17) is 22.2 Å². The molecule has 106 valence electrons. The van der Waals surface area contributed by atoms with Crippen LogP contribution in [0.1, 0.15) is 11.7 Å². The average Bonchev–Trinajstić information content (AvgIpc) is 2.50. The topological polar surface area (TPSA) is 73.1 Å². The minimum absolute atomic E-state index is 0.181. The molecule has 1 heterocycles. The van der Waals surface area contributed by atoms with Gasteiger partial charge in [-0.3, -0.25) is 16.3 Å². The Hall–Kier alpha value is -1.34. The number of nitrogens with zero attached hydrogens (tertiary/aromatic N) is 2. The Balaban J connectivity index is 2.11. The molecule has 5 nitrogen and oxygen atoms in total. The van der Waals surface area contributed by atoms with Gasteiger partial charge in [-0.15, -0.1) is 11.8 Å². The summed E-state index contributed by atoms with van der Waals surface area (Å²) >= 11 is 7.73. The number of hydrogen-bond donors (Lipinski definition) is 2. The fourth-order valence-electron chi connectivity index (χ4n) is 1.67. The van der Waals surface area contributed by atoms with Crippen molar-refractivity contribution in [1.82, 2.24) is 15.4 Å². The Morgan fingerprint density at radius 3 is 2.80 bits per heavy atom. The minimum atomic E-state index is -0.181. The quantitative estimate of drug-likeness (QED) is 0.485. The molecular formula is C13H15ClN4OS. The fourth-order valence-corrected chi connectivity index (χ4v) is 2.95. The third kappa shape index (κ3) is 3.61. The van der Waals surface area contributed by atoms with Crippen molar-refractivity contribution < 1.29 is 4.74 Å². The normalized spacial score (nSPS) is 12.2. The van der Waals surface area contributed by atoms with Crippen LogP contribution in [0.2, 0.25) is 5.02 Å². The molecule has 1 aromatic carbocycles. The van der Waals surface area contributed by atoms with Crippen molar-refractivity contribution in [3.63, 3.8) is 0 Å². The van der Waals surface area contributed by atoms with Gasteiger partial charge in [0.1, 0.15) is 5.69 Å². The SMILES string of the molecule is COc1nccnc1C(CSc1ccccc1Cl)NN. The summed E-state index contributed by atoms with van der Waals surface area (Å²) in [7, 11) is 1.56. The maximum atomic E-state index is 6.13. The molecule has 0 amide bonds. The van der Waals surface area contributed by atoms with Crippen molar-refractivity contribution >= 4 is 23.4 Å². The number of rotatable bonds is 6. The van der Waals surface area contributed by atoms with Crippen LogP contribution in [0.3, 0.4) is 0 Å². The van der Waals surface area contributed by atoms with Crippen LogP contribution in [0.5, 0.6) is 5.88 Å². The molecule has 1 unspecified atom stereocenters. The Kier molecular flexibility index (Phi) is 5.60. The Labute approximate surface area is 126 Å². The van der Waals surface area contributed by atoms with E-state index in [9.17, 15) is 0 Å². The smallest absolute Gasteiger partial charge is 0.237 e. The lowest BCUT2D eigenvalue weighted by Gasteiger charge is -2.16. The first-order valence-electron chi connectivity index (χ1n) is 5.94. The van der Waals surface area contributed by atoms with Gasteiger partial charge in [0.25, 0.3) is 0 Å². The number of benzene rings is 1. The van der Waals surface area contributed by atoms with Crippen molar-refractivity contribution in [2.75, 3.05) is 12.9 Å². The van der Waals surface area contributed by atoms with Crippen molar-refractivity contribution in [3.8, 4) is 5.88 Å². The molecule has 20 heavy (non-hydrogen) atoms. The summed E-state index contributed by atoms with van der Waals surface area (Å²) in [5, 5.41) is 0.722. The second kappa shape index (κ2) is 7.44. The van der Waals surface area contributed by atoms with Crippen molar-refractivity contribution in [2.45, 2.75) is 10.9 Å². The van der Waals surface area contributed by atoms with Gasteiger partial charge < -0.3 is 4.74 Å². The largest absolute Gasteiger partial charge is 0.480 e. The van der Waals surface area contributed by atoms with Crippen LogP contribution >= 0.6 is 23.4 Å². The van der Waals surface area contributed by atoms with Gasteiger partial charge in [-0.1, -0.05) is 23.7 Å². The summed E-state index contributed by atoms with van der Waals surface area (Å²) in [5.41, 5.74) is 3.41. The highest BCUT2D eigenvalue weighted by atomic mass is 35.5. The molecule has 0 aliphatic carbocycles. The van der Waals surface area contributed by atoms with E-state index < -0.39 is 0 Å². The zero-order valence-electron chi connectivity index (χ0n) is 10.9. The van der Waals surface area contributed by atoms with E-state index in [1.54, 1.807) is 31.3 Å². The molecule has 0 fully saturated rings. The lowest BCUT2D eigenvalue weighted by atomic mass is 10.2. The van der Waals surface area contributed by atoms with Crippen molar-refractivity contribution in [1.29, 1.82) is 0 Å². The Morgan fingerprint density at radius 2 is 2.10 bits per heavy atom. The number of thioether (sulfide) groups is 1. The summed E-state index contributed by atoms with van der Waals surface area (Å²) in [5.74, 6) is 6.74. The van der Waals surface area contributed by atoms with Gasteiger partial charge in [0, 0.05) is 23.0 Å².